The van der Waals surface area contributed by atoms with E-state index in [1.807, 2.05) is 38.1 Å². The lowest BCUT2D eigenvalue weighted by atomic mass is 10.1. The topological polar surface area (TPSA) is 79.5 Å². The molecule has 150 valence electrons. The highest BCUT2D eigenvalue weighted by molar-refractivity contribution is 14.0. The number of nitrogens with zero attached hydrogens (tertiary/aromatic N) is 1. The molecule has 28 heavy (non-hydrogen) atoms. The number of amides is 1. The summed E-state index contributed by atoms with van der Waals surface area (Å²) in [6.45, 7) is 4.39. The Labute approximate surface area is 184 Å². The van der Waals surface area contributed by atoms with Crippen molar-refractivity contribution >= 4 is 47.2 Å². The zero-order valence-corrected chi connectivity index (χ0v) is 18.8. The van der Waals surface area contributed by atoms with Gasteiger partial charge in [0.05, 0.1) is 6.54 Å². The number of aliphatic imine (C=N–C) groups is 1. The molecule has 0 fully saturated rings. The minimum atomic E-state index is -0.00107. The van der Waals surface area contributed by atoms with E-state index in [2.05, 4.69) is 33.8 Å². The van der Waals surface area contributed by atoms with Crippen LogP contribution < -0.4 is 16.4 Å². The van der Waals surface area contributed by atoms with E-state index in [1.165, 1.54) is 24.0 Å². The largest absolute Gasteiger partial charge is 0.370 e. The molecule has 0 saturated heterocycles. The Morgan fingerprint density at radius 3 is 2.64 bits per heavy atom. The molecule has 2 aromatic rings. The number of guanidine groups is 1. The van der Waals surface area contributed by atoms with Gasteiger partial charge in [0.2, 0.25) is 5.91 Å². The maximum absolute atomic E-state index is 12.0. The van der Waals surface area contributed by atoms with E-state index in [1.54, 1.807) is 0 Å². The fourth-order valence-corrected chi connectivity index (χ4v) is 3.21. The molecule has 5 nitrogen and oxygen atoms in total. The van der Waals surface area contributed by atoms with Crippen LogP contribution in [0.25, 0.3) is 0 Å². The molecule has 1 aliphatic rings. The van der Waals surface area contributed by atoms with Crippen molar-refractivity contribution in [1.82, 2.24) is 0 Å². The Balaban J connectivity index is 0.00000280. The highest BCUT2D eigenvalue weighted by atomic mass is 127. The summed E-state index contributed by atoms with van der Waals surface area (Å²) in [6.07, 6.45) is 4.35. The zero-order valence-electron chi connectivity index (χ0n) is 16.5. The quantitative estimate of drug-likeness (QED) is 0.311. The molecule has 4 N–H and O–H groups in total. The maximum Gasteiger partial charge on any atom is 0.227 e. The van der Waals surface area contributed by atoms with Crippen molar-refractivity contribution in [3.8, 4) is 0 Å². The Bertz CT molecular complexity index is 850. The van der Waals surface area contributed by atoms with E-state index < -0.39 is 0 Å². The number of aryl methyl sites for hydroxylation is 2. The molecule has 6 heteroatoms. The molecule has 0 spiro atoms. The van der Waals surface area contributed by atoms with Crippen LogP contribution in [0.4, 0.5) is 11.4 Å². The van der Waals surface area contributed by atoms with Gasteiger partial charge in [-0.1, -0.05) is 32.0 Å². The summed E-state index contributed by atoms with van der Waals surface area (Å²) >= 11 is 0. The second-order valence-corrected chi connectivity index (χ2v) is 7.16. The third kappa shape index (κ3) is 5.95. The van der Waals surface area contributed by atoms with Crippen LogP contribution in [0.5, 0.6) is 0 Å². The van der Waals surface area contributed by atoms with E-state index >= 15 is 0 Å². The van der Waals surface area contributed by atoms with E-state index in [9.17, 15) is 4.79 Å². The Morgan fingerprint density at radius 1 is 1.11 bits per heavy atom. The number of fused-ring (bicyclic) bond motifs is 1. The zero-order chi connectivity index (χ0) is 19.2. The van der Waals surface area contributed by atoms with Crippen molar-refractivity contribution < 1.29 is 4.79 Å². The lowest BCUT2D eigenvalue weighted by Crippen LogP contribution is -2.22. The molecule has 1 amide bonds. The molecule has 3 rings (SSSR count). The van der Waals surface area contributed by atoms with E-state index in [0.29, 0.717) is 12.5 Å². The summed E-state index contributed by atoms with van der Waals surface area (Å²) in [7, 11) is 0. The molecule has 0 aromatic heterocycles. The lowest BCUT2D eigenvalue weighted by molar-refractivity contribution is -0.119. The van der Waals surface area contributed by atoms with Crippen LogP contribution in [0, 0.1) is 5.92 Å². The van der Waals surface area contributed by atoms with Gasteiger partial charge in [0, 0.05) is 17.3 Å². The van der Waals surface area contributed by atoms with E-state index in [0.717, 1.165) is 29.8 Å². The van der Waals surface area contributed by atoms with Crippen LogP contribution >= 0.6 is 24.0 Å². The van der Waals surface area contributed by atoms with Crippen molar-refractivity contribution in [3.05, 3.63) is 59.2 Å². The third-order valence-electron chi connectivity index (χ3n) is 5.06. The monoisotopic (exact) mass is 492 g/mol. The van der Waals surface area contributed by atoms with Crippen molar-refractivity contribution in [1.29, 1.82) is 0 Å². The normalized spacial score (nSPS) is 14.0. The van der Waals surface area contributed by atoms with Gasteiger partial charge < -0.3 is 16.4 Å². The van der Waals surface area contributed by atoms with Crippen LogP contribution in [-0.2, 0) is 24.2 Å². The van der Waals surface area contributed by atoms with Crippen LogP contribution in [0.3, 0.4) is 0 Å². The number of rotatable bonds is 6. The first-order chi connectivity index (χ1) is 13.0. The number of carbonyl (C=O) groups excluding carboxylic acids is 1. The second kappa shape index (κ2) is 10.5. The van der Waals surface area contributed by atoms with Gasteiger partial charge in [-0.3, -0.25) is 4.79 Å². The Morgan fingerprint density at radius 2 is 1.86 bits per heavy atom. The smallest absolute Gasteiger partial charge is 0.227 e. The number of anilines is 2. The maximum atomic E-state index is 12.0. The SMILES string of the molecule is CCC(C)C(=O)Nc1cccc(CN=C(N)Nc2ccc3c(c2)CCC3)c1.I. The van der Waals surface area contributed by atoms with Crippen molar-refractivity contribution in [3.63, 3.8) is 0 Å². The molecule has 0 bridgehead atoms. The highest BCUT2D eigenvalue weighted by Crippen LogP contribution is 2.24. The molecule has 0 heterocycles. The van der Waals surface area contributed by atoms with Gasteiger partial charge in [-0.05, 0) is 66.6 Å². The van der Waals surface area contributed by atoms with Crippen LogP contribution in [0.2, 0.25) is 0 Å². The number of nitrogens with one attached hydrogen (secondary N) is 2. The minimum Gasteiger partial charge on any atom is -0.370 e. The predicted octanol–water partition coefficient (Wildman–Crippen LogP) is 4.70. The summed E-state index contributed by atoms with van der Waals surface area (Å²) in [6, 6.07) is 14.1. The number of carbonyl (C=O) groups is 1. The molecule has 0 radical (unpaired) electrons. The van der Waals surface area contributed by atoms with Crippen molar-refractivity contribution in [2.75, 3.05) is 10.6 Å². The van der Waals surface area contributed by atoms with Gasteiger partial charge in [0.15, 0.2) is 5.96 Å². The van der Waals surface area contributed by atoms with Gasteiger partial charge in [0.1, 0.15) is 0 Å². The average molecular weight is 492 g/mol. The van der Waals surface area contributed by atoms with Gasteiger partial charge in [0.25, 0.3) is 0 Å². The summed E-state index contributed by atoms with van der Waals surface area (Å²) in [5.74, 6) is 0.428. The summed E-state index contributed by atoms with van der Waals surface area (Å²) in [5, 5.41) is 6.12. The molecule has 0 saturated carbocycles. The first-order valence-corrected chi connectivity index (χ1v) is 9.63. The Kier molecular flexibility index (Phi) is 8.29. The first-order valence-electron chi connectivity index (χ1n) is 9.63. The molecular formula is C22H29IN4O. The molecule has 1 aliphatic carbocycles. The average Bonchev–Trinajstić information content (AvgIpc) is 3.14. The third-order valence-corrected chi connectivity index (χ3v) is 5.06. The van der Waals surface area contributed by atoms with Crippen LogP contribution in [0.1, 0.15) is 43.4 Å². The van der Waals surface area contributed by atoms with Crippen molar-refractivity contribution in [2.24, 2.45) is 16.6 Å². The molecular weight excluding hydrogens is 463 g/mol. The van der Waals surface area contributed by atoms with Gasteiger partial charge in [-0.15, -0.1) is 24.0 Å². The predicted molar refractivity (Wildman–Crippen MR) is 127 cm³/mol. The fourth-order valence-electron chi connectivity index (χ4n) is 3.21. The molecule has 0 aliphatic heterocycles. The number of benzene rings is 2. The van der Waals surface area contributed by atoms with Gasteiger partial charge >= 0.3 is 0 Å². The first kappa shape index (κ1) is 22.2. The number of halogens is 1. The van der Waals surface area contributed by atoms with Crippen LogP contribution in [-0.4, -0.2) is 11.9 Å². The summed E-state index contributed by atoms with van der Waals surface area (Å²) < 4.78 is 0. The summed E-state index contributed by atoms with van der Waals surface area (Å²) in [5.41, 5.74) is 11.6. The number of hydrogen-bond acceptors (Lipinski definition) is 2. The van der Waals surface area contributed by atoms with Gasteiger partial charge in [-0.2, -0.15) is 0 Å². The van der Waals surface area contributed by atoms with Crippen LogP contribution in [0.15, 0.2) is 47.5 Å². The summed E-state index contributed by atoms with van der Waals surface area (Å²) in [4.78, 5) is 16.5. The molecule has 1 unspecified atom stereocenters. The second-order valence-electron chi connectivity index (χ2n) is 7.16. The number of hydrogen-bond donors (Lipinski definition) is 3. The minimum absolute atomic E-state index is 0. The van der Waals surface area contributed by atoms with E-state index in [-0.39, 0.29) is 35.8 Å². The molecule has 2 aromatic carbocycles. The lowest BCUT2D eigenvalue weighted by Gasteiger charge is -2.11. The fraction of sp³-hybridized carbons (Fsp3) is 0.364. The van der Waals surface area contributed by atoms with Crippen molar-refractivity contribution in [2.45, 2.75) is 46.1 Å². The standard InChI is InChI=1S/C22H28N4O.HI/c1-3-15(2)21(27)25-19-9-4-6-16(12-19)14-24-22(23)26-20-11-10-17-7-5-8-18(17)13-20;/h4,6,9-13,15H,3,5,7-8,14H2,1-2H3,(H,25,27)(H3,23,24,26);1H. The molecule has 1 atom stereocenters. The van der Waals surface area contributed by atoms with Gasteiger partial charge in [-0.25, -0.2) is 4.99 Å². The highest BCUT2D eigenvalue weighted by Gasteiger charge is 2.11. The Hall–Kier alpha value is -2.09. The number of nitrogens with two attached hydrogens (primary N) is 1. The van der Waals surface area contributed by atoms with E-state index in [4.69, 9.17) is 5.73 Å².